The van der Waals surface area contributed by atoms with Gasteiger partial charge in [-0.2, -0.15) is 0 Å². The highest BCUT2D eigenvalue weighted by molar-refractivity contribution is 5.81. The Balaban J connectivity index is 2.20. The van der Waals surface area contributed by atoms with E-state index in [1.807, 2.05) is 6.92 Å². The van der Waals surface area contributed by atoms with E-state index in [-0.39, 0.29) is 12.0 Å². The van der Waals surface area contributed by atoms with Gasteiger partial charge in [0.05, 0.1) is 13.2 Å². The van der Waals surface area contributed by atoms with E-state index in [0.717, 1.165) is 19.6 Å². The molecule has 88 valence electrons. The number of methoxy groups -OCH3 is 1. The van der Waals surface area contributed by atoms with Gasteiger partial charge in [0, 0.05) is 38.6 Å². The second-order valence-electron chi connectivity index (χ2n) is 4.08. The van der Waals surface area contributed by atoms with E-state index in [1.165, 1.54) is 0 Å². The van der Waals surface area contributed by atoms with Crippen LogP contribution in [0.15, 0.2) is 0 Å². The molecule has 2 unspecified atom stereocenters. The summed E-state index contributed by atoms with van der Waals surface area (Å²) in [6, 6.07) is 0.205. The van der Waals surface area contributed by atoms with Gasteiger partial charge in [0.25, 0.3) is 0 Å². The number of carbonyl (C=O) groups excluding carboxylic acids is 1. The number of hydrogen-bond acceptors (Lipinski definition) is 4. The van der Waals surface area contributed by atoms with Crippen LogP contribution in [0.25, 0.3) is 0 Å². The monoisotopic (exact) mass is 215 g/mol. The van der Waals surface area contributed by atoms with Crippen LogP contribution in [0.5, 0.6) is 0 Å². The first-order valence-corrected chi connectivity index (χ1v) is 5.56. The topological polar surface area (TPSA) is 47.6 Å². The Morgan fingerprint density at radius 1 is 1.67 bits per heavy atom. The van der Waals surface area contributed by atoms with Crippen LogP contribution in [-0.2, 0) is 14.3 Å². The number of morpholine rings is 1. The molecule has 0 amide bonds. The molecule has 1 saturated heterocycles. The zero-order chi connectivity index (χ0) is 11.1. The van der Waals surface area contributed by atoms with Crippen LogP contribution in [0.2, 0.25) is 0 Å². The minimum atomic E-state index is 0.0914. The van der Waals surface area contributed by atoms with Gasteiger partial charge in [0.1, 0.15) is 5.78 Å². The highest BCUT2D eigenvalue weighted by atomic mass is 16.5. The Morgan fingerprint density at radius 2 is 2.47 bits per heavy atom. The van der Waals surface area contributed by atoms with Crippen molar-refractivity contribution in [1.29, 1.82) is 0 Å². The highest BCUT2D eigenvalue weighted by Gasteiger charge is 2.20. The standard InChI is InChI=1S/C11H21NO3/c1-9(3-5-14-2)11(13)7-10-8-15-6-4-12-10/h9-10,12H,3-8H2,1-2H3. The van der Waals surface area contributed by atoms with E-state index in [2.05, 4.69) is 5.32 Å². The maximum Gasteiger partial charge on any atom is 0.137 e. The average molecular weight is 215 g/mol. The van der Waals surface area contributed by atoms with Gasteiger partial charge in [-0.15, -0.1) is 0 Å². The molecule has 1 fully saturated rings. The van der Waals surface area contributed by atoms with Crippen molar-refractivity contribution in [3.8, 4) is 0 Å². The van der Waals surface area contributed by atoms with E-state index in [1.54, 1.807) is 7.11 Å². The third-order valence-electron chi connectivity index (χ3n) is 2.75. The number of ether oxygens (including phenoxy) is 2. The second kappa shape index (κ2) is 6.93. The van der Waals surface area contributed by atoms with Gasteiger partial charge in [-0.25, -0.2) is 0 Å². The molecule has 0 aromatic carbocycles. The van der Waals surface area contributed by atoms with Gasteiger partial charge in [-0.3, -0.25) is 4.79 Å². The van der Waals surface area contributed by atoms with Crippen LogP contribution >= 0.6 is 0 Å². The summed E-state index contributed by atoms with van der Waals surface area (Å²) < 4.78 is 10.3. The normalized spacial score (nSPS) is 23.7. The second-order valence-corrected chi connectivity index (χ2v) is 4.08. The molecule has 0 aliphatic carbocycles. The molecule has 0 saturated carbocycles. The van der Waals surface area contributed by atoms with E-state index in [0.29, 0.717) is 25.4 Å². The van der Waals surface area contributed by atoms with Crippen molar-refractivity contribution in [2.45, 2.75) is 25.8 Å². The van der Waals surface area contributed by atoms with Crippen molar-refractivity contribution in [1.82, 2.24) is 5.32 Å². The van der Waals surface area contributed by atoms with Crippen LogP contribution in [0, 0.1) is 5.92 Å². The Bertz CT molecular complexity index is 190. The minimum absolute atomic E-state index is 0.0914. The fourth-order valence-corrected chi connectivity index (χ4v) is 1.65. The number of ketones is 1. The highest BCUT2D eigenvalue weighted by Crippen LogP contribution is 2.09. The molecule has 4 nitrogen and oxygen atoms in total. The summed E-state index contributed by atoms with van der Waals surface area (Å²) in [7, 11) is 1.66. The van der Waals surface area contributed by atoms with Crippen molar-refractivity contribution in [3.05, 3.63) is 0 Å². The van der Waals surface area contributed by atoms with Crippen molar-refractivity contribution >= 4 is 5.78 Å². The molecule has 1 heterocycles. The summed E-state index contributed by atoms with van der Waals surface area (Å²) in [5.74, 6) is 0.392. The maximum atomic E-state index is 11.8. The lowest BCUT2D eigenvalue weighted by Crippen LogP contribution is -2.43. The zero-order valence-corrected chi connectivity index (χ0v) is 9.62. The van der Waals surface area contributed by atoms with Gasteiger partial charge in [0.2, 0.25) is 0 Å². The third-order valence-corrected chi connectivity index (χ3v) is 2.75. The van der Waals surface area contributed by atoms with Crippen molar-refractivity contribution in [2.24, 2.45) is 5.92 Å². The summed E-state index contributed by atoms with van der Waals surface area (Å²) in [5, 5.41) is 3.28. The van der Waals surface area contributed by atoms with Crippen LogP contribution in [0.1, 0.15) is 19.8 Å². The molecule has 2 atom stereocenters. The van der Waals surface area contributed by atoms with Gasteiger partial charge >= 0.3 is 0 Å². The molecular weight excluding hydrogens is 194 g/mol. The summed E-state index contributed by atoms with van der Waals surface area (Å²) >= 11 is 0. The number of Topliss-reactive ketones (excluding diaryl/α,β-unsaturated/α-hetero) is 1. The van der Waals surface area contributed by atoms with Gasteiger partial charge in [-0.1, -0.05) is 6.92 Å². The molecular formula is C11H21NO3. The fourth-order valence-electron chi connectivity index (χ4n) is 1.65. The summed E-state index contributed by atoms with van der Waals surface area (Å²) in [6.45, 7) is 4.88. The van der Waals surface area contributed by atoms with E-state index in [4.69, 9.17) is 9.47 Å². The van der Waals surface area contributed by atoms with Gasteiger partial charge < -0.3 is 14.8 Å². The van der Waals surface area contributed by atoms with Crippen molar-refractivity contribution in [2.75, 3.05) is 33.5 Å². The van der Waals surface area contributed by atoms with Crippen LogP contribution in [-0.4, -0.2) is 45.3 Å². The maximum absolute atomic E-state index is 11.8. The van der Waals surface area contributed by atoms with Crippen LogP contribution < -0.4 is 5.32 Å². The average Bonchev–Trinajstić information content (AvgIpc) is 2.27. The summed E-state index contributed by atoms with van der Waals surface area (Å²) in [5.41, 5.74) is 0. The number of rotatable bonds is 6. The first-order valence-electron chi connectivity index (χ1n) is 5.56. The van der Waals surface area contributed by atoms with E-state index >= 15 is 0 Å². The summed E-state index contributed by atoms with van der Waals surface area (Å²) in [6.07, 6.45) is 1.38. The molecule has 0 aromatic heterocycles. The molecule has 1 aliphatic heterocycles. The van der Waals surface area contributed by atoms with Crippen LogP contribution in [0.4, 0.5) is 0 Å². The first kappa shape index (κ1) is 12.6. The Kier molecular flexibility index (Phi) is 5.83. The van der Waals surface area contributed by atoms with Gasteiger partial charge in [0.15, 0.2) is 0 Å². The number of carbonyl (C=O) groups is 1. The Labute approximate surface area is 91.3 Å². The molecule has 0 bridgehead atoms. The molecule has 1 aliphatic rings. The number of nitrogens with one attached hydrogen (secondary N) is 1. The molecule has 0 aromatic rings. The lowest BCUT2D eigenvalue weighted by Gasteiger charge is -2.24. The molecule has 0 spiro atoms. The lowest BCUT2D eigenvalue weighted by atomic mass is 9.97. The zero-order valence-electron chi connectivity index (χ0n) is 9.62. The Hall–Kier alpha value is -0.450. The van der Waals surface area contributed by atoms with Crippen molar-refractivity contribution in [3.63, 3.8) is 0 Å². The smallest absolute Gasteiger partial charge is 0.137 e. The predicted molar refractivity (Wildman–Crippen MR) is 57.9 cm³/mol. The molecule has 15 heavy (non-hydrogen) atoms. The fraction of sp³-hybridized carbons (Fsp3) is 0.909. The number of hydrogen-bond donors (Lipinski definition) is 1. The largest absolute Gasteiger partial charge is 0.385 e. The minimum Gasteiger partial charge on any atom is -0.385 e. The van der Waals surface area contributed by atoms with Crippen molar-refractivity contribution < 1.29 is 14.3 Å². The van der Waals surface area contributed by atoms with E-state index in [9.17, 15) is 4.79 Å². The van der Waals surface area contributed by atoms with Crippen LogP contribution in [0.3, 0.4) is 0 Å². The molecule has 1 rings (SSSR count). The predicted octanol–water partition coefficient (Wildman–Crippen LogP) is 0.607. The van der Waals surface area contributed by atoms with E-state index < -0.39 is 0 Å². The first-order chi connectivity index (χ1) is 7.24. The third kappa shape index (κ3) is 4.73. The van der Waals surface area contributed by atoms with Gasteiger partial charge in [-0.05, 0) is 6.42 Å². The Morgan fingerprint density at radius 3 is 3.07 bits per heavy atom. The lowest BCUT2D eigenvalue weighted by molar-refractivity contribution is -0.124. The SMILES string of the molecule is COCCC(C)C(=O)CC1COCCN1. The summed E-state index contributed by atoms with van der Waals surface area (Å²) in [4.78, 5) is 11.8. The molecule has 0 radical (unpaired) electrons. The quantitative estimate of drug-likeness (QED) is 0.705. The molecule has 1 N–H and O–H groups in total. The molecule has 4 heteroatoms.